The zero-order chi connectivity index (χ0) is 14.6. The number of carbonyl (C=O) groups excluding carboxylic acids is 1. The first-order chi connectivity index (χ1) is 8.81. The molecule has 5 nitrogen and oxygen atoms in total. The quantitative estimate of drug-likeness (QED) is 0.344. The third kappa shape index (κ3) is 3.61. The Morgan fingerprint density at radius 1 is 1.53 bits per heavy atom. The molecule has 1 rings (SSSR count). The van der Waals surface area contributed by atoms with Crippen molar-refractivity contribution in [3.63, 3.8) is 0 Å². The molecule has 1 aromatic carbocycles. The third-order valence-corrected chi connectivity index (χ3v) is 3.43. The number of halogens is 1. The molecule has 0 aromatic heterocycles. The van der Waals surface area contributed by atoms with E-state index < -0.39 is 5.41 Å². The first-order valence-electron chi connectivity index (χ1n) is 5.90. The number of amides is 1. The zero-order valence-electron chi connectivity index (χ0n) is 11.2. The molecule has 1 aromatic rings. The van der Waals surface area contributed by atoms with Gasteiger partial charge in [-0.15, -0.1) is 0 Å². The molecule has 0 saturated carbocycles. The van der Waals surface area contributed by atoms with E-state index in [1.54, 1.807) is 12.1 Å². The number of hydrogen-bond donors (Lipinski definition) is 3. The van der Waals surface area contributed by atoms with Gasteiger partial charge >= 0.3 is 0 Å². The van der Waals surface area contributed by atoms with E-state index in [1.807, 2.05) is 20.8 Å². The molecule has 0 heterocycles. The summed E-state index contributed by atoms with van der Waals surface area (Å²) in [5.41, 5.74) is 5.98. The van der Waals surface area contributed by atoms with Gasteiger partial charge in [-0.25, -0.2) is 0 Å². The van der Waals surface area contributed by atoms with Gasteiger partial charge in [-0.2, -0.15) is 0 Å². The Balaban J connectivity index is 2.96. The predicted molar refractivity (Wildman–Crippen MR) is 76.7 cm³/mol. The molecule has 104 valence electrons. The van der Waals surface area contributed by atoms with Gasteiger partial charge in [0.2, 0.25) is 5.91 Å². The van der Waals surface area contributed by atoms with Crippen molar-refractivity contribution in [3.8, 4) is 0 Å². The summed E-state index contributed by atoms with van der Waals surface area (Å²) in [6, 6.07) is 4.78. The lowest BCUT2D eigenvalue weighted by Gasteiger charge is -2.22. The Morgan fingerprint density at radius 3 is 2.63 bits per heavy atom. The van der Waals surface area contributed by atoms with E-state index in [4.69, 9.17) is 22.5 Å². The Bertz CT molecular complexity index is 513. The first-order valence-corrected chi connectivity index (χ1v) is 6.28. The average molecular weight is 284 g/mol. The van der Waals surface area contributed by atoms with Gasteiger partial charge in [-0.1, -0.05) is 37.5 Å². The highest BCUT2D eigenvalue weighted by Gasteiger charge is 2.25. The number of amidine groups is 1. The van der Waals surface area contributed by atoms with Crippen LogP contribution in [-0.2, 0) is 4.79 Å². The second kappa shape index (κ2) is 5.93. The minimum atomic E-state index is -0.465. The number of nitrogens with two attached hydrogens (primary N) is 1. The monoisotopic (exact) mass is 283 g/mol. The van der Waals surface area contributed by atoms with Gasteiger partial charge in [0.1, 0.15) is 0 Å². The summed E-state index contributed by atoms with van der Waals surface area (Å²) in [6.07, 6.45) is 0.721. The predicted octanol–water partition coefficient (Wildman–Crippen LogP) is 2.81. The van der Waals surface area contributed by atoms with Crippen LogP contribution in [0.4, 0.5) is 5.69 Å². The van der Waals surface area contributed by atoms with Gasteiger partial charge in [0.25, 0.3) is 0 Å². The van der Waals surface area contributed by atoms with Crippen molar-refractivity contribution < 1.29 is 10.0 Å². The summed E-state index contributed by atoms with van der Waals surface area (Å²) in [6.45, 7) is 5.67. The van der Waals surface area contributed by atoms with Crippen LogP contribution in [0.2, 0.25) is 5.02 Å². The van der Waals surface area contributed by atoms with Gasteiger partial charge in [0, 0.05) is 11.0 Å². The van der Waals surface area contributed by atoms with Crippen LogP contribution in [0.15, 0.2) is 23.4 Å². The van der Waals surface area contributed by atoms with Crippen molar-refractivity contribution in [1.82, 2.24) is 0 Å². The summed E-state index contributed by atoms with van der Waals surface area (Å²) < 4.78 is 0. The highest BCUT2D eigenvalue weighted by molar-refractivity contribution is 6.34. The van der Waals surface area contributed by atoms with E-state index in [0.29, 0.717) is 16.3 Å². The molecule has 0 aliphatic rings. The number of hydrogen-bond acceptors (Lipinski definition) is 3. The van der Waals surface area contributed by atoms with E-state index in [0.717, 1.165) is 6.42 Å². The summed E-state index contributed by atoms with van der Waals surface area (Å²) in [5.74, 6) is -0.137. The lowest BCUT2D eigenvalue weighted by molar-refractivity contribution is -0.124. The molecule has 0 radical (unpaired) electrons. The van der Waals surface area contributed by atoms with E-state index in [9.17, 15) is 4.79 Å². The average Bonchev–Trinajstić information content (AvgIpc) is 2.39. The van der Waals surface area contributed by atoms with Crippen LogP contribution in [0.3, 0.4) is 0 Å². The maximum Gasteiger partial charge on any atom is 0.230 e. The number of nitrogens with one attached hydrogen (secondary N) is 1. The molecule has 1 amide bonds. The van der Waals surface area contributed by atoms with Crippen LogP contribution in [0, 0.1) is 5.41 Å². The molecule has 0 bridgehead atoms. The fourth-order valence-electron chi connectivity index (χ4n) is 1.29. The topological polar surface area (TPSA) is 87.7 Å². The largest absolute Gasteiger partial charge is 0.409 e. The second-order valence-electron chi connectivity index (χ2n) is 4.87. The van der Waals surface area contributed by atoms with Crippen molar-refractivity contribution in [3.05, 3.63) is 28.8 Å². The standard InChI is InChI=1S/C13H18ClN3O2/c1-4-13(2,3)12(18)16-10-6-5-8(7-9(10)14)11(15)17-19/h5-7,19H,4H2,1-3H3,(H2,15,17)(H,16,18). The van der Waals surface area contributed by atoms with Crippen LogP contribution < -0.4 is 11.1 Å². The summed E-state index contributed by atoms with van der Waals surface area (Å²) in [4.78, 5) is 12.0. The summed E-state index contributed by atoms with van der Waals surface area (Å²) >= 11 is 6.06. The van der Waals surface area contributed by atoms with Gasteiger partial charge in [0.15, 0.2) is 5.84 Å². The fourth-order valence-corrected chi connectivity index (χ4v) is 1.51. The Kier molecular flexibility index (Phi) is 4.78. The molecule has 0 spiro atoms. The third-order valence-electron chi connectivity index (χ3n) is 3.12. The number of oxime groups is 1. The first kappa shape index (κ1) is 15.3. The van der Waals surface area contributed by atoms with Crippen LogP contribution in [0.5, 0.6) is 0 Å². The molecule has 0 atom stereocenters. The van der Waals surface area contributed by atoms with E-state index in [2.05, 4.69) is 10.5 Å². The highest BCUT2D eigenvalue weighted by atomic mass is 35.5. The van der Waals surface area contributed by atoms with Crippen LogP contribution in [-0.4, -0.2) is 17.0 Å². The maximum absolute atomic E-state index is 12.0. The Hall–Kier alpha value is -1.75. The van der Waals surface area contributed by atoms with Crippen molar-refractivity contribution in [2.24, 2.45) is 16.3 Å². The van der Waals surface area contributed by atoms with Crippen molar-refractivity contribution in [1.29, 1.82) is 0 Å². The van der Waals surface area contributed by atoms with Crippen molar-refractivity contribution in [2.75, 3.05) is 5.32 Å². The van der Waals surface area contributed by atoms with Crippen LogP contribution in [0.1, 0.15) is 32.8 Å². The summed E-state index contributed by atoms with van der Waals surface area (Å²) in [5, 5.41) is 14.6. The summed E-state index contributed by atoms with van der Waals surface area (Å²) in [7, 11) is 0. The number of rotatable bonds is 4. The molecule has 19 heavy (non-hydrogen) atoms. The minimum Gasteiger partial charge on any atom is -0.409 e. The smallest absolute Gasteiger partial charge is 0.230 e. The van der Waals surface area contributed by atoms with Crippen LogP contribution >= 0.6 is 11.6 Å². The molecule has 0 saturated heterocycles. The van der Waals surface area contributed by atoms with E-state index in [1.165, 1.54) is 6.07 Å². The number of carbonyl (C=O) groups is 1. The van der Waals surface area contributed by atoms with E-state index in [-0.39, 0.29) is 11.7 Å². The van der Waals surface area contributed by atoms with Gasteiger partial charge in [0.05, 0.1) is 10.7 Å². The number of anilines is 1. The molecule has 0 aliphatic carbocycles. The lowest BCUT2D eigenvalue weighted by Crippen LogP contribution is -2.30. The molecule has 0 aliphatic heterocycles. The lowest BCUT2D eigenvalue weighted by atomic mass is 9.89. The van der Waals surface area contributed by atoms with Gasteiger partial charge < -0.3 is 16.3 Å². The minimum absolute atomic E-state index is 0.0336. The van der Waals surface area contributed by atoms with Gasteiger partial charge in [-0.3, -0.25) is 4.79 Å². The SMILES string of the molecule is CCC(C)(C)C(=O)Nc1ccc(/C(N)=N/O)cc1Cl. The number of nitrogens with zero attached hydrogens (tertiary/aromatic N) is 1. The van der Waals surface area contributed by atoms with Crippen LogP contribution in [0.25, 0.3) is 0 Å². The molecular weight excluding hydrogens is 266 g/mol. The Labute approximate surface area is 117 Å². The molecule has 0 unspecified atom stereocenters. The van der Waals surface area contributed by atoms with Gasteiger partial charge in [-0.05, 0) is 24.6 Å². The normalized spacial score (nSPS) is 12.3. The molecule has 4 N–H and O–H groups in total. The highest BCUT2D eigenvalue weighted by Crippen LogP contribution is 2.27. The van der Waals surface area contributed by atoms with Crippen molar-refractivity contribution >= 4 is 29.0 Å². The molecule has 6 heteroatoms. The van der Waals surface area contributed by atoms with E-state index >= 15 is 0 Å². The zero-order valence-corrected chi connectivity index (χ0v) is 12.0. The maximum atomic E-state index is 12.0. The fraction of sp³-hybridized carbons (Fsp3) is 0.385. The Morgan fingerprint density at radius 2 is 2.16 bits per heavy atom. The molecular formula is C13H18ClN3O2. The number of benzene rings is 1. The second-order valence-corrected chi connectivity index (χ2v) is 5.28. The molecule has 0 fully saturated rings. The van der Waals surface area contributed by atoms with Crippen molar-refractivity contribution in [2.45, 2.75) is 27.2 Å².